The third kappa shape index (κ3) is 3.71. The molecule has 1 aliphatic carbocycles. The van der Waals surface area contributed by atoms with Crippen LogP contribution < -0.4 is 9.46 Å². The van der Waals surface area contributed by atoms with E-state index in [1.807, 2.05) is 12.1 Å². The third-order valence-electron chi connectivity index (χ3n) is 4.10. The van der Waals surface area contributed by atoms with E-state index in [9.17, 15) is 8.42 Å². The van der Waals surface area contributed by atoms with Crippen LogP contribution in [0, 0.1) is 0 Å². The van der Waals surface area contributed by atoms with Gasteiger partial charge in [0.2, 0.25) is 15.9 Å². The molecule has 23 heavy (non-hydrogen) atoms. The lowest BCUT2D eigenvalue weighted by atomic mass is 9.92. The minimum atomic E-state index is -3.52. The highest BCUT2D eigenvalue weighted by molar-refractivity contribution is 7.89. The highest BCUT2D eigenvalue weighted by atomic mass is 32.2. The van der Waals surface area contributed by atoms with Gasteiger partial charge in [-0.25, -0.2) is 18.1 Å². The first-order valence-corrected chi connectivity index (χ1v) is 9.17. The molecule has 0 radical (unpaired) electrons. The van der Waals surface area contributed by atoms with Crippen molar-refractivity contribution in [2.45, 2.75) is 37.1 Å². The average molecular weight is 332 g/mol. The summed E-state index contributed by atoms with van der Waals surface area (Å²) in [5.74, 6) is 0.506. The molecule has 1 aliphatic rings. The number of aromatic nitrogens is 1. The lowest BCUT2D eigenvalue weighted by Crippen LogP contribution is -2.23. The second-order valence-electron chi connectivity index (χ2n) is 5.67. The zero-order valence-electron chi connectivity index (χ0n) is 13.1. The van der Waals surface area contributed by atoms with Gasteiger partial charge in [0.15, 0.2) is 0 Å². The van der Waals surface area contributed by atoms with Crippen molar-refractivity contribution in [1.29, 1.82) is 0 Å². The quantitative estimate of drug-likeness (QED) is 0.913. The predicted molar refractivity (Wildman–Crippen MR) is 87.9 cm³/mol. The third-order valence-corrected chi connectivity index (χ3v) is 5.50. The van der Waals surface area contributed by atoms with Crippen molar-refractivity contribution in [1.82, 2.24) is 9.71 Å². The molecule has 0 aliphatic heterocycles. The molecule has 122 valence electrons. The summed E-state index contributed by atoms with van der Waals surface area (Å²) in [5, 5.41) is 0. The molecule has 2 aromatic rings. The fraction of sp³-hybridized carbons (Fsp3) is 0.353. The van der Waals surface area contributed by atoms with Crippen LogP contribution in [0.3, 0.4) is 0 Å². The topological polar surface area (TPSA) is 68.3 Å². The van der Waals surface area contributed by atoms with E-state index in [0.717, 1.165) is 30.4 Å². The van der Waals surface area contributed by atoms with E-state index in [-0.39, 0.29) is 6.54 Å². The first-order valence-electron chi connectivity index (χ1n) is 7.69. The number of ether oxygens (including phenoxy) is 1. The number of methoxy groups -OCH3 is 1. The maximum Gasteiger partial charge on any atom is 0.240 e. The van der Waals surface area contributed by atoms with Gasteiger partial charge in [-0.15, -0.1) is 0 Å². The molecule has 3 rings (SSSR count). The van der Waals surface area contributed by atoms with Gasteiger partial charge in [0, 0.05) is 18.8 Å². The summed E-state index contributed by atoms with van der Waals surface area (Å²) >= 11 is 0. The fourth-order valence-electron chi connectivity index (χ4n) is 2.77. The largest absolute Gasteiger partial charge is 0.481 e. The van der Waals surface area contributed by atoms with Gasteiger partial charge in [-0.1, -0.05) is 12.1 Å². The van der Waals surface area contributed by atoms with E-state index in [4.69, 9.17) is 4.74 Å². The summed E-state index contributed by atoms with van der Waals surface area (Å²) in [5.41, 5.74) is 3.21. The molecular formula is C17H20N2O3S. The predicted octanol–water partition coefficient (Wildman–Crippen LogP) is 2.45. The maximum atomic E-state index is 12.5. The fourth-order valence-corrected chi connectivity index (χ4v) is 3.84. The molecule has 1 aromatic heterocycles. The molecule has 0 fully saturated rings. The molecule has 1 heterocycles. The number of benzene rings is 1. The smallest absolute Gasteiger partial charge is 0.240 e. The van der Waals surface area contributed by atoms with Crippen LogP contribution in [0.5, 0.6) is 5.88 Å². The minimum Gasteiger partial charge on any atom is -0.481 e. The molecule has 1 aromatic carbocycles. The second-order valence-corrected chi connectivity index (χ2v) is 7.44. The monoisotopic (exact) mass is 332 g/mol. The zero-order chi connectivity index (χ0) is 16.3. The SMILES string of the molecule is COc1ccc(CNS(=O)(=O)c2ccc3c(c2)CCCC3)cn1. The average Bonchev–Trinajstić information content (AvgIpc) is 2.60. The number of pyridine rings is 1. The number of nitrogens with zero attached hydrogens (tertiary/aromatic N) is 1. The Bertz CT molecular complexity index is 786. The number of nitrogens with one attached hydrogen (secondary N) is 1. The van der Waals surface area contributed by atoms with Crippen LogP contribution in [0.25, 0.3) is 0 Å². The normalized spacial score (nSPS) is 14.3. The summed E-state index contributed by atoms with van der Waals surface area (Å²) in [4.78, 5) is 4.40. The first kappa shape index (κ1) is 16.0. The Labute approximate surface area is 136 Å². The van der Waals surface area contributed by atoms with Crippen molar-refractivity contribution in [2.75, 3.05) is 7.11 Å². The van der Waals surface area contributed by atoms with Crippen LogP contribution in [-0.2, 0) is 29.4 Å². The van der Waals surface area contributed by atoms with Gasteiger partial charge in [0.1, 0.15) is 0 Å². The molecule has 1 N–H and O–H groups in total. The van der Waals surface area contributed by atoms with Crippen LogP contribution in [0.2, 0.25) is 0 Å². The van der Waals surface area contributed by atoms with Gasteiger partial charge in [0.05, 0.1) is 12.0 Å². The van der Waals surface area contributed by atoms with Gasteiger partial charge >= 0.3 is 0 Å². The number of hydrogen-bond acceptors (Lipinski definition) is 4. The van der Waals surface area contributed by atoms with E-state index in [1.54, 1.807) is 31.5 Å². The van der Waals surface area contributed by atoms with Gasteiger partial charge in [-0.3, -0.25) is 0 Å². The Morgan fingerprint density at radius 3 is 2.61 bits per heavy atom. The molecule has 0 unspecified atom stereocenters. The van der Waals surface area contributed by atoms with Crippen LogP contribution in [0.1, 0.15) is 29.5 Å². The number of sulfonamides is 1. The van der Waals surface area contributed by atoms with Crippen molar-refractivity contribution in [2.24, 2.45) is 0 Å². The van der Waals surface area contributed by atoms with E-state index in [0.29, 0.717) is 10.8 Å². The molecule has 0 spiro atoms. The zero-order valence-corrected chi connectivity index (χ0v) is 13.9. The molecule has 0 saturated carbocycles. The van der Waals surface area contributed by atoms with Crippen LogP contribution in [0.4, 0.5) is 0 Å². The van der Waals surface area contributed by atoms with Gasteiger partial charge in [-0.05, 0) is 54.5 Å². The van der Waals surface area contributed by atoms with Crippen molar-refractivity contribution in [3.05, 3.63) is 53.2 Å². The van der Waals surface area contributed by atoms with Crippen LogP contribution in [-0.4, -0.2) is 20.5 Å². The summed E-state index contributed by atoms with van der Waals surface area (Å²) < 4.78 is 32.5. The molecule has 5 nitrogen and oxygen atoms in total. The van der Waals surface area contributed by atoms with E-state index < -0.39 is 10.0 Å². The Kier molecular flexibility index (Phi) is 4.63. The van der Waals surface area contributed by atoms with Crippen molar-refractivity contribution in [3.8, 4) is 5.88 Å². The Hall–Kier alpha value is -1.92. The number of rotatable bonds is 5. The van der Waals surface area contributed by atoms with Gasteiger partial charge < -0.3 is 4.74 Å². The molecule has 0 bridgehead atoms. The number of hydrogen-bond donors (Lipinski definition) is 1. The summed E-state index contributed by atoms with van der Waals surface area (Å²) in [7, 11) is -1.97. The number of aryl methyl sites for hydroxylation is 2. The van der Waals surface area contributed by atoms with Gasteiger partial charge in [-0.2, -0.15) is 0 Å². The molecule has 6 heteroatoms. The summed E-state index contributed by atoms with van der Waals surface area (Å²) in [6.07, 6.45) is 5.92. The first-order chi connectivity index (χ1) is 11.1. The van der Waals surface area contributed by atoms with Crippen LogP contribution >= 0.6 is 0 Å². The Morgan fingerprint density at radius 1 is 1.13 bits per heavy atom. The maximum absolute atomic E-state index is 12.5. The summed E-state index contributed by atoms with van der Waals surface area (Å²) in [6.45, 7) is 0.205. The minimum absolute atomic E-state index is 0.205. The van der Waals surface area contributed by atoms with Crippen molar-refractivity contribution >= 4 is 10.0 Å². The lowest BCUT2D eigenvalue weighted by molar-refractivity contribution is 0.397. The molecule has 0 saturated heterocycles. The lowest BCUT2D eigenvalue weighted by Gasteiger charge is -2.16. The highest BCUT2D eigenvalue weighted by Crippen LogP contribution is 2.24. The Balaban J connectivity index is 1.73. The summed E-state index contributed by atoms with van der Waals surface area (Å²) in [6, 6.07) is 8.95. The highest BCUT2D eigenvalue weighted by Gasteiger charge is 2.17. The molecular weight excluding hydrogens is 312 g/mol. The van der Waals surface area contributed by atoms with E-state index >= 15 is 0 Å². The Morgan fingerprint density at radius 2 is 1.91 bits per heavy atom. The van der Waals surface area contributed by atoms with Crippen molar-refractivity contribution in [3.63, 3.8) is 0 Å². The standard InChI is InChI=1S/C17H20N2O3S/c1-22-17-9-6-13(11-18-17)12-19-23(20,21)16-8-7-14-4-2-3-5-15(14)10-16/h6-11,19H,2-5,12H2,1H3. The van der Waals surface area contributed by atoms with Crippen molar-refractivity contribution < 1.29 is 13.2 Å². The van der Waals surface area contributed by atoms with E-state index in [2.05, 4.69) is 9.71 Å². The van der Waals surface area contributed by atoms with E-state index in [1.165, 1.54) is 12.0 Å². The molecule has 0 atom stereocenters. The van der Waals surface area contributed by atoms with Gasteiger partial charge in [0.25, 0.3) is 0 Å². The number of fused-ring (bicyclic) bond motifs is 1. The molecule has 0 amide bonds. The second kappa shape index (κ2) is 6.68. The van der Waals surface area contributed by atoms with Crippen LogP contribution in [0.15, 0.2) is 41.4 Å².